The first-order valence-corrected chi connectivity index (χ1v) is 9.28. The molecule has 136 valence electrons. The number of rotatable bonds is 8. The van der Waals surface area contributed by atoms with Gasteiger partial charge in [0.25, 0.3) is 0 Å². The van der Waals surface area contributed by atoms with Gasteiger partial charge < -0.3 is 15.1 Å². The van der Waals surface area contributed by atoms with E-state index in [-0.39, 0.29) is 0 Å². The summed E-state index contributed by atoms with van der Waals surface area (Å²) in [4.78, 5) is 0. The number of halogens is 2. The summed E-state index contributed by atoms with van der Waals surface area (Å²) >= 11 is 12.5. The molecule has 3 rings (SSSR count). The topological polar surface area (TPSA) is 63.0 Å². The number of anilines is 3. The number of benzene rings is 2. The van der Waals surface area contributed by atoms with E-state index in [1.807, 2.05) is 30.3 Å². The van der Waals surface area contributed by atoms with Crippen LogP contribution < -0.4 is 10.6 Å². The van der Waals surface area contributed by atoms with Crippen molar-refractivity contribution in [2.24, 2.45) is 0 Å². The lowest BCUT2D eigenvalue weighted by molar-refractivity contribution is 0.516. The van der Waals surface area contributed by atoms with E-state index in [9.17, 15) is 0 Å². The molecule has 0 saturated carbocycles. The molecule has 0 aliphatic rings. The first-order valence-electron chi connectivity index (χ1n) is 8.52. The van der Waals surface area contributed by atoms with Gasteiger partial charge in [0.2, 0.25) is 5.89 Å². The van der Waals surface area contributed by atoms with Crippen LogP contribution in [0.1, 0.15) is 31.2 Å². The zero-order valence-corrected chi connectivity index (χ0v) is 15.9. The molecular formula is C19H20Cl2N4O. The molecule has 0 aliphatic carbocycles. The molecule has 0 amide bonds. The standard InChI is InChI=1S/C19H20Cl2N4O/c1-2-3-11-22-19-25-24-17(26-19)12-13-7-4-5-10-16(13)23-18-14(20)8-6-9-15(18)21/h4-10,23H,2-3,11-12H2,1H3,(H,22,25). The van der Waals surface area contributed by atoms with Crippen LogP contribution in [-0.4, -0.2) is 16.7 Å². The van der Waals surface area contributed by atoms with E-state index in [1.54, 1.807) is 12.1 Å². The summed E-state index contributed by atoms with van der Waals surface area (Å²) in [6.07, 6.45) is 2.68. The second-order valence-electron chi connectivity index (χ2n) is 5.84. The lowest BCUT2D eigenvalue weighted by atomic mass is 10.1. The van der Waals surface area contributed by atoms with Crippen molar-refractivity contribution in [3.8, 4) is 0 Å². The monoisotopic (exact) mass is 390 g/mol. The van der Waals surface area contributed by atoms with Crippen LogP contribution in [0.15, 0.2) is 46.9 Å². The van der Waals surface area contributed by atoms with Gasteiger partial charge in [-0.1, -0.05) is 65.9 Å². The molecular weight excluding hydrogens is 371 g/mol. The largest absolute Gasteiger partial charge is 0.408 e. The molecule has 0 spiro atoms. The van der Waals surface area contributed by atoms with Crippen molar-refractivity contribution in [2.45, 2.75) is 26.2 Å². The van der Waals surface area contributed by atoms with E-state index in [0.717, 1.165) is 30.6 Å². The van der Waals surface area contributed by atoms with Crippen LogP contribution in [0.5, 0.6) is 0 Å². The highest BCUT2D eigenvalue weighted by atomic mass is 35.5. The van der Waals surface area contributed by atoms with Gasteiger partial charge in [-0.25, -0.2) is 0 Å². The molecule has 1 heterocycles. The minimum Gasteiger partial charge on any atom is -0.408 e. The second kappa shape index (κ2) is 8.92. The van der Waals surface area contributed by atoms with Crippen LogP contribution in [0.3, 0.4) is 0 Å². The smallest absolute Gasteiger partial charge is 0.315 e. The van der Waals surface area contributed by atoms with Gasteiger partial charge in [-0.3, -0.25) is 0 Å². The van der Waals surface area contributed by atoms with Crippen molar-refractivity contribution in [1.82, 2.24) is 10.2 Å². The fraction of sp³-hybridized carbons (Fsp3) is 0.263. The molecule has 3 aromatic rings. The lowest BCUT2D eigenvalue weighted by Gasteiger charge is -2.13. The maximum Gasteiger partial charge on any atom is 0.315 e. The van der Waals surface area contributed by atoms with E-state index in [1.165, 1.54) is 0 Å². The summed E-state index contributed by atoms with van der Waals surface area (Å²) < 4.78 is 5.67. The third-order valence-electron chi connectivity index (χ3n) is 3.85. The molecule has 0 aliphatic heterocycles. The molecule has 0 bridgehead atoms. The Hall–Kier alpha value is -2.24. The van der Waals surface area contributed by atoms with Gasteiger partial charge >= 0.3 is 6.01 Å². The van der Waals surface area contributed by atoms with Crippen molar-refractivity contribution < 1.29 is 4.42 Å². The van der Waals surface area contributed by atoms with Crippen molar-refractivity contribution in [3.63, 3.8) is 0 Å². The van der Waals surface area contributed by atoms with Gasteiger partial charge in [0, 0.05) is 12.2 Å². The van der Waals surface area contributed by atoms with Crippen molar-refractivity contribution in [3.05, 3.63) is 64.0 Å². The summed E-state index contributed by atoms with van der Waals surface area (Å²) in [5.74, 6) is 0.545. The summed E-state index contributed by atoms with van der Waals surface area (Å²) in [6, 6.07) is 13.7. The predicted octanol–water partition coefficient (Wildman–Crippen LogP) is 5.92. The normalized spacial score (nSPS) is 10.7. The van der Waals surface area contributed by atoms with Crippen molar-refractivity contribution in [2.75, 3.05) is 17.2 Å². The van der Waals surface area contributed by atoms with Crippen LogP contribution in [0.25, 0.3) is 0 Å². The van der Waals surface area contributed by atoms with Crippen molar-refractivity contribution in [1.29, 1.82) is 0 Å². The number of nitrogens with one attached hydrogen (secondary N) is 2. The van der Waals surface area contributed by atoms with Gasteiger partial charge in [-0.2, -0.15) is 0 Å². The molecule has 1 aromatic heterocycles. The van der Waals surface area contributed by atoms with Gasteiger partial charge in [0.15, 0.2) is 0 Å². The Morgan fingerprint density at radius 3 is 2.54 bits per heavy atom. The quantitative estimate of drug-likeness (QED) is 0.467. The molecule has 0 unspecified atom stereocenters. The second-order valence-corrected chi connectivity index (χ2v) is 6.65. The Morgan fingerprint density at radius 2 is 1.77 bits per heavy atom. The van der Waals surface area contributed by atoms with Crippen LogP contribution in [0.2, 0.25) is 10.0 Å². The third kappa shape index (κ3) is 4.68. The van der Waals surface area contributed by atoms with Crippen molar-refractivity contribution >= 4 is 40.6 Å². The number of hydrogen-bond acceptors (Lipinski definition) is 5. The maximum absolute atomic E-state index is 6.26. The SMILES string of the molecule is CCCCNc1nnc(Cc2ccccc2Nc2c(Cl)cccc2Cl)o1. The van der Waals surface area contributed by atoms with Crippen LogP contribution in [0.4, 0.5) is 17.4 Å². The van der Waals surface area contributed by atoms with E-state index in [0.29, 0.717) is 34.1 Å². The summed E-state index contributed by atoms with van der Waals surface area (Å²) in [6.45, 7) is 2.96. The highest BCUT2D eigenvalue weighted by molar-refractivity contribution is 6.39. The minimum absolute atomic E-state index is 0.452. The molecule has 0 atom stereocenters. The highest BCUT2D eigenvalue weighted by Gasteiger charge is 2.12. The maximum atomic E-state index is 6.26. The summed E-state index contributed by atoms with van der Waals surface area (Å²) in [5, 5.41) is 15.7. The third-order valence-corrected chi connectivity index (χ3v) is 4.48. The number of nitrogens with zero attached hydrogens (tertiary/aromatic N) is 2. The van der Waals surface area contributed by atoms with Crippen LogP contribution in [0, 0.1) is 0 Å². The van der Waals surface area contributed by atoms with E-state index in [2.05, 4.69) is 27.8 Å². The Bertz CT molecular complexity index is 846. The molecule has 0 saturated heterocycles. The Kier molecular flexibility index (Phi) is 6.36. The molecule has 5 nitrogen and oxygen atoms in total. The number of unbranched alkanes of at least 4 members (excludes halogenated alkanes) is 1. The fourth-order valence-corrected chi connectivity index (χ4v) is 2.97. The molecule has 0 fully saturated rings. The zero-order valence-electron chi connectivity index (χ0n) is 14.4. The van der Waals surface area contributed by atoms with Gasteiger partial charge in [0.1, 0.15) is 0 Å². The molecule has 2 N–H and O–H groups in total. The van der Waals surface area contributed by atoms with Crippen LogP contribution in [-0.2, 0) is 6.42 Å². The molecule has 26 heavy (non-hydrogen) atoms. The molecule has 2 aromatic carbocycles. The van der Waals surface area contributed by atoms with E-state index >= 15 is 0 Å². The van der Waals surface area contributed by atoms with Gasteiger partial charge in [-0.15, -0.1) is 5.10 Å². The average molecular weight is 391 g/mol. The zero-order chi connectivity index (χ0) is 18.4. The highest BCUT2D eigenvalue weighted by Crippen LogP contribution is 2.34. The Balaban J connectivity index is 1.75. The van der Waals surface area contributed by atoms with E-state index < -0.39 is 0 Å². The Labute approximate surface area is 162 Å². The van der Waals surface area contributed by atoms with Gasteiger partial charge in [0.05, 0.1) is 22.2 Å². The predicted molar refractivity (Wildman–Crippen MR) is 107 cm³/mol. The van der Waals surface area contributed by atoms with Crippen LogP contribution >= 0.6 is 23.2 Å². The number of aromatic nitrogens is 2. The molecule has 7 heteroatoms. The molecule has 0 radical (unpaired) electrons. The first kappa shape index (κ1) is 18.5. The Morgan fingerprint density at radius 1 is 1.00 bits per heavy atom. The minimum atomic E-state index is 0.452. The number of hydrogen-bond donors (Lipinski definition) is 2. The van der Waals surface area contributed by atoms with Gasteiger partial charge in [-0.05, 0) is 30.2 Å². The van der Waals surface area contributed by atoms with E-state index in [4.69, 9.17) is 27.6 Å². The number of para-hydroxylation sites is 2. The first-order chi connectivity index (χ1) is 12.7. The average Bonchev–Trinajstić information content (AvgIpc) is 3.07. The fourth-order valence-electron chi connectivity index (χ4n) is 2.48. The summed E-state index contributed by atoms with van der Waals surface area (Å²) in [5.41, 5.74) is 2.57. The summed E-state index contributed by atoms with van der Waals surface area (Å²) in [7, 11) is 0. The lowest BCUT2D eigenvalue weighted by Crippen LogP contribution is -2.00.